The normalized spacial score (nSPS) is 24.0. The lowest BCUT2D eigenvalue weighted by Gasteiger charge is -2.33. The molecular weight excluding hydrogens is 345 g/mol. The zero-order valence-electron chi connectivity index (χ0n) is 16.1. The van der Waals surface area contributed by atoms with Crippen LogP contribution in [0, 0.1) is 5.82 Å². The highest BCUT2D eigenvalue weighted by Gasteiger charge is 2.38. The van der Waals surface area contributed by atoms with Gasteiger partial charge in [0.1, 0.15) is 36.5 Å². The minimum absolute atomic E-state index is 0.142. The van der Waals surface area contributed by atoms with Crippen LogP contribution in [0.15, 0.2) is 41.3 Å². The summed E-state index contributed by atoms with van der Waals surface area (Å²) in [4.78, 5) is 12.9. The highest BCUT2D eigenvalue weighted by molar-refractivity contribution is 5.78. The Morgan fingerprint density at radius 3 is 2.56 bits per heavy atom. The number of nitrogens with two attached hydrogens (primary N) is 1. The van der Waals surface area contributed by atoms with Crippen molar-refractivity contribution in [3.63, 3.8) is 0 Å². The number of rotatable bonds is 6. The van der Waals surface area contributed by atoms with Gasteiger partial charge in [-0.1, -0.05) is 24.2 Å². The van der Waals surface area contributed by atoms with Gasteiger partial charge >= 0.3 is 6.03 Å². The number of amides is 2. The average Bonchev–Trinajstić information content (AvgIpc) is 3.08. The summed E-state index contributed by atoms with van der Waals surface area (Å²) in [5.41, 5.74) is 7.45. The average molecular weight is 374 g/mol. The van der Waals surface area contributed by atoms with E-state index in [1.165, 1.54) is 12.1 Å². The van der Waals surface area contributed by atoms with Crippen molar-refractivity contribution >= 4 is 12.2 Å². The van der Waals surface area contributed by atoms with Crippen LogP contribution < -0.4 is 11.1 Å². The van der Waals surface area contributed by atoms with Crippen molar-refractivity contribution in [3.05, 3.63) is 47.5 Å². The molecule has 1 fully saturated rings. The van der Waals surface area contributed by atoms with Crippen molar-refractivity contribution in [2.45, 2.75) is 45.2 Å². The molecule has 3 N–H and O–H groups in total. The molecule has 2 aliphatic heterocycles. The first-order chi connectivity index (χ1) is 13.0. The molecule has 2 aliphatic rings. The highest BCUT2D eigenvalue weighted by atomic mass is 19.1. The SMILES string of the molecule is CCC(c1ccc(F)cc1)[N+]1(CC)C=C(NC2CCN(C(N)=O)CC2)C=N1. The Morgan fingerprint density at radius 1 is 1.33 bits per heavy atom. The highest BCUT2D eigenvalue weighted by Crippen LogP contribution is 2.35. The summed E-state index contributed by atoms with van der Waals surface area (Å²) in [5.74, 6) is -0.221. The summed E-state index contributed by atoms with van der Waals surface area (Å²) in [6.07, 6.45) is 6.70. The number of quaternary nitrogens is 1. The zero-order chi connectivity index (χ0) is 19.4. The van der Waals surface area contributed by atoms with Crippen molar-refractivity contribution in [2.75, 3.05) is 19.6 Å². The van der Waals surface area contributed by atoms with Crippen LogP contribution >= 0.6 is 0 Å². The summed E-state index contributed by atoms with van der Waals surface area (Å²) in [6.45, 7) is 6.43. The predicted octanol–water partition coefficient (Wildman–Crippen LogP) is 3.09. The van der Waals surface area contributed by atoms with Gasteiger partial charge in [0, 0.05) is 31.1 Å². The van der Waals surface area contributed by atoms with Crippen LogP contribution in [0.3, 0.4) is 0 Å². The minimum Gasteiger partial charge on any atom is -0.376 e. The maximum absolute atomic E-state index is 13.3. The van der Waals surface area contributed by atoms with E-state index in [0.717, 1.165) is 37.1 Å². The Bertz CT molecular complexity index is 724. The molecule has 2 amide bonds. The standard InChI is InChI=1S/C20H28FN5O/c1-3-19(15-5-7-16(21)8-6-15)26(4-2)14-18(13-23-26)24-17-9-11-25(12-10-17)20(22)27/h5-8,13-14,17,19,24H,3-4,9-12H2,1-2H3,(H-,22,27)/p+1. The summed E-state index contributed by atoms with van der Waals surface area (Å²) < 4.78 is 13.8. The van der Waals surface area contributed by atoms with Crippen LogP contribution in [0.1, 0.15) is 44.7 Å². The number of primary amides is 1. The van der Waals surface area contributed by atoms with E-state index in [9.17, 15) is 9.18 Å². The zero-order valence-corrected chi connectivity index (χ0v) is 16.1. The summed E-state index contributed by atoms with van der Waals surface area (Å²) in [7, 11) is 0. The Morgan fingerprint density at radius 2 is 2.00 bits per heavy atom. The number of hydrogen-bond acceptors (Lipinski definition) is 3. The quantitative estimate of drug-likeness (QED) is 0.751. The van der Waals surface area contributed by atoms with Crippen LogP contribution in [-0.2, 0) is 0 Å². The number of likely N-dealkylation sites (tertiary alicyclic amines) is 1. The van der Waals surface area contributed by atoms with E-state index in [1.807, 2.05) is 18.3 Å². The lowest BCUT2D eigenvalue weighted by Crippen LogP contribution is -2.46. The molecule has 2 atom stereocenters. The number of carbonyl (C=O) groups excluding carboxylic acids is 1. The van der Waals surface area contributed by atoms with Crippen molar-refractivity contribution in [1.29, 1.82) is 0 Å². The molecule has 6 nitrogen and oxygen atoms in total. The molecule has 146 valence electrons. The number of urea groups is 1. The van der Waals surface area contributed by atoms with E-state index in [0.29, 0.717) is 23.7 Å². The number of halogens is 1. The van der Waals surface area contributed by atoms with Crippen LogP contribution in [0.5, 0.6) is 0 Å². The smallest absolute Gasteiger partial charge is 0.314 e. The maximum atomic E-state index is 13.3. The van der Waals surface area contributed by atoms with Gasteiger partial charge in [-0.2, -0.15) is 4.59 Å². The number of benzene rings is 1. The summed E-state index contributed by atoms with van der Waals surface area (Å²) >= 11 is 0. The van der Waals surface area contributed by atoms with E-state index in [2.05, 4.69) is 25.4 Å². The van der Waals surface area contributed by atoms with E-state index in [4.69, 9.17) is 10.8 Å². The van der Waals surface area contributed by atoms with Gasteiger partial charge in [-0.3, -0.25) is 0 Å². The van der Waals surface area contributed by atoms with E-state index < -0.39 is 0 Å². The molecule has 0 saturated carbocycles. The summed E-state index contributed by atoms with van der Waals surface area (Å²) in [5, 5.41) is 8.39. The lowest BCUT2D eigenvalue weighted by molar-refractivity contribution is -0.913. The van der Waals surface area contributed by atoms with E-state index in [1.54, 1.807) is 4.90 Å². The first-order valence-electron chi connectivity index (χ1n) is 9.69. The van der Waals surface area contributed by atoms with Gasteiger partial charge in [0.25, 0.3) is 0 Å². The van der Waals surface area contributed by atoms with Gasteiger partial charge in [0.15, 0.2) is 0 Å². The second-order valence-electron chi connectivity index (χ2n) is 7.25. The van der Waals surface area contributed by atoms with Gasteiger partial charge in [-0.05, 0) is 31.9 Å². The van der Waals surface area contributed by atoms with E-state index >= 15 is 0 Å². The van der Waals surface area contributed by atoms with Gasteiger partial charge in [-0.15, -0.1) is 0 Å². The third-order valence-electron chi connectivity index (χ3n) is 5.64. The Kier molecular flexibility index (Phi) is 5.79. The largest absolute Gasteiger partial charge is 0.376 e. The van der Waals surface area contributed by atoms with Crippen LogP contribution in [-0.4, -0.2) is 47.4 Å². The third-order valence-corrected chi connectivity index (χ3v) is 5.64. The topological polar surface area (TPSA) is 70.7 Å². The van der Waals surface area contributed by atoms with Gasteiger partial charge in [-0.25, -0.2) is 9.18 Å². The fourth-order valence-corrected chi connectivity index (χ4v) is 4.09. The molecule has 1 aromatic rings. The molecule has 0 bridgehead atoms. The van der Waals surface area contributed by atoms with Gasteiger partial charge in [0.2, 0.25) is 0 Å². The molecule has 7 heteroatoms. The fourth-order valence-electron chi connectivity index (χ4n) is 4.09. The molecule has 2 unspecified atom stereocenters. The number of piperidine rings is 1. The molecule has 1 saturated heterocycles. The second-order valence-corrected chi connectivity index (χ2v) is 7.25. The molecule has 3 rings (SSSR count). The maximum Gasteiger partial charge on any atom is 0.314 e. The molecule has 27 heavy (non-hydrogen) atoms. The van der Waals surface area contributed by atoms with Crippen LogP contribution in [0.2, 0.25) is 0 Å². The lowest BCUT2D eigenvalue weighted by atomic mass is 10.0. The first-order valence-corrected chi connectivity index (χ1v) is 9.69. The van der Waals surface area contributed by atoms with Crippen molar-refractivity contribution in [3.8, 4) is 0 Å². The van der Waals surface area contributed by atoms with Crippen molar-refractivity contribution < 1.29 is 13.8 Å². The molecular formula is C20H29FN5O+. The Hall–Kier alpha value is -2.41. The molecule has 0 spiro atoms. The van der Waals surface area contributed by atoms with E-state index in [-0.39, 0.29) is 17.9 Å². The third kappa shape index (κ3) is 4.13. The van der Waals surface area contributed by atoms with Crippen molar-refractivity contribution in [2.24, 2.45) is 10.8 Å². The molecule has 0 radical (unpaired) electrons. The second kappa shape index (κ2) is 8.08. The Labute approximate surface area is 160 Å². The monoisotopic (exact) mass is 374 g/mol. The molecule has 0 aromatic heterocycles. The van der Waals surface area contributed by atoms with Gasteiger partial charge < -0.3 is 16.0 Å². The minimum atomic E-state index is -0.346. The van der Waals surface area contributed by atoms with Crippen LogP contribution in [0.4, 0.5) is 9.18 Å². The van der Waals surface area contributed by atoms with Crippen molar-refractivity contribution in [1.82, 2.24) is 10.2 Å². The molecule has 0 aliphatic carbocycles. The number of nitrogens with zero attached hydrogens (tertiary/aromatic N) is 3. The van der Waals surface area contributed by atoms with Gasteiger partial charge in [0.05, 0.1) is 0 Å². The first kappa shape index (κ1) is 19.4. The predicted molar refractivity (Wildman–Crippen MR) is 104 cm³/mol. The Balaban J connectivity index is 1.72. The summed E-state index contributed by atoms with van der Waals surface area (Å²) in [6, 6.07) is 6.84. The number of hydrogen-bond donors (Lipinski definition) is 2. The molecule has 2 heterocycles. The fraction of sp³-hybridized carbons (Fsp3) is 0.500. The number of allylic oxidation sites excluding steroid dienone is 1. The van der Waals surface area contributed by atoms with Crippen LogP contribution in [0.25, 0.3) is 0 Å². The molecule has 1 aromatic carbocycles. The number of nitrogens with one attached hydrogen (secondary N) is 1. The number of carbonyl (C=O) groups is 1.